The lowest BCUT2D eigenvalue weighted by molar-refractivity contribution is -0.143. The van der Waals surface area contributed by atoms with Crippen LogP contribution >= 0.6 is 23.4 Å². The van der Waals surface area contributed by atoms with Crippen LogP contribution in [0.5, 0.6) is 0 Å². The Hall–Kier alpha value is -2.24. The van der Waals surface area contributed by atoms with Crippen molar-refractivity contribution < 1.29 is 14.3 Å². The highest BCUT2D eigenvalue weighted by molar-refractivity contribution is 7.99. The predicted octanol–water partition coefficient (Wildman–Crippen LogP) is 3.80. The van der Waals surface area contributed by atoms with E-state index >= 15 is 0 Å². The van der Waals surface area contributed by atoms with Crippen LogP contribution in [-0.2, 0) is 14.3 Å². The first-order chi connectivity index (χ1) is 12.1. The highest BCUT2D eigenvalue weighted by Crippen LogP contribution is 2.15. The van der Waals surface area contributed by atoms with Crippen molar-refractivity contribution in [3.8, 4) is 0 Å². The van der Waals surface area contributed by atoms with Gasteiger partial charge in [-0.3, -0.25) is 4.79 Å². The van der Waals surface area contributed by atoms with Crippen molar-refractivity contribution in [1.82, 2.24) is 5.32 Å². The zero-order chi connectivity index (χ0) is 17.9. The highest BCUT2D eigenvalue weighted by Gasteiger charge is 2.04. The van der Waals surface area contributed by atoms with Gasteiger partial charge in [0.05, 0.1) is 0 Å². The second kappa shape index (κ2) is 10.6. The van der Waals surface area contributed by atoms with E-state index in [2.05, 4.69) is 5.32 Å². The van der Waals surface area contributed by atoms with Gasteiger partial charge in [-0.15, -0.1) is 11.8 Å². The molecule has 2 rings (SSSR count). The topological polar surface area (TPSA) is 55.4 Å². The van der Waals surface area contributed by atoms with Crippen LogP contribution in [0, 0.1) is 0 Å². The van der Waals surface area contributed by atoms with Crippen molar-refractivity contribution in [2.24, 2.45) is 0 Å². The zero-order valence-electron chi connectivity index (χ0n) is 13.5. The first kappa shape index (κ1) is 19.1. The van der Waals surface area contributed by atoms with E-state index in [1.165, 1.54) is 6.08 Å². The normalized spacial score (nSPS) is 10.6. The minimum absolute atomic E-state index is 0.292. The lowest BCUT2D eigenvalue weighted by Gasteiger charge is -2.05. The Morgan fingerprint density at radius 2 is 1.80 bits per heavy atom. The number of halogens is 1. The SMILES string of the molecule is O=C(COC(=O)/C=C/c1ccc(Cl)cc1)NCCSc1ccccc1. The van der Waals surface area contributed by atoms with Gasteiger partial charge in [-0.1, -0.05) is 41.9 Å². The van der Waals surface area contributed by atoms with Crippen molar-refractivity contribution in [3.05, 3.63) is 71.3 Å². The maximum absolute atomic E-state index is 11.6. The average Bonchev–Trinajstić information content (AvgIpc) is 2.64. The van der Waals surface area contributed by atoms with Gasteiger partial charge >= 0.3 is 5.97 Å². The number of nitrogens with one attached hydrogen (secondary N) is 1. The number of amides is 1. The molecule has 0 unspecified atom stereocenters. The molecule has 0 radical (unpaired) electrons. The molecule has 0 aliphatic rings. The summed E-state index contributed by atoms with van der Waals surface area (Å²) in [7, 11) is 0. The average molecular weight is 376 g/mol. The van der Waals surface area contributed by atoms with Crippen LogP contribution in [0.2, 0.25) is 5.02 Å². The molecule has 2 aromatic rings. The minimum Gasteiger partial charge on any atom is -0.452 e. The molecule has 25 heavy (non-hydrogen) atoms. The molecule has 0 spiro atoms. The second-order valence-corrected chi connectivity index (χ2v) is 6.61. The van der Waals surface area contributed by atoms with Crippen molar-refractivity contribution in [2.75, 3.05) is 18.9 Å². The maximum atomic E-state index is 11.6. The number of ether oxygens (including phenoxy) is 1. The fourth-order valence-electron chi connectivity index (χ4n) is 1.85. The van der Waals surface area contributed by atoms with E-state index in [1.807, 2.05) is 30.3 Å². The van der Waals surface area contributed by atoms with E-state index in [-0.39, 0.29) is 12.5 Å². The molecule has 0 aliphatic heterocycles. The van der Waals surface area contributed by atoms with Crippen molar-refractivity contribution in [3.63, 3.8) is 0 Å². The van der Waals surface area contributed by atoms with E-state index in [0.29, 0.717) is 11.6 Å². The van der Waals surface area contributed by atoms with Crippen LogP contribution in [0.4, 0.5) is 0 Å². The van der Waals surface area contributed by atoms with Crippen LogP contribution in [0.25, 0.3) is 6.08 Å². The Labute approximate surface area is 156 Å². The van der Waals surface area contributed by atoms with Crippen molar-refractivity contribution in [1.29, 1.82) is 0 Å². The standard InChI is InChI=1S/C19H18ClNO3S/c20-16-9-6-15(7-10-16)8-11-19(23)24-14-18(22)21-12-13-25-17-4-2-1-3-5-17/h1-11H,12-14H2,(H,21,22)/b11-8+. The van der Waals surface area contributed by atoms with Gasteiger partial charge in [-0.05, 0) is 35.9 Å². The van der Waals surface area contributed by atoms with Gasteiger partial charge in [0.2, 0.25) is 0 Å². The Morgan fingerprint density at radius 3 is 2.52 bits per heavy atom. The lowest BCUT2D eigenvalue weighted by Crippen LogP contribution is -2.30. The molecule has 130 valence electrons. The molecule has 0 aliphatic carbocycles. The maximum Gasteiger partial charge on any atom is 0.331 e. The molecule has 0 saturated carbocycles. The largest absolute Gasteiger partial charge is 0.452 e. The molecule has 1 N–H and O–H groups in total. The van der Waals surface area contributed by atoms with Gasteiger partial charge < -0.3 is 10.1 Å². The predicted molar refractivity (Wildman–Crippen MR) is 102 cm³/mol. The van der Waals surface area contributed by atoms with Crippen LogP contribution < -0.4 is 5.32 Å². The van der Waals surface area contributed by atoms with E-state index < -0.39 is 5.97 Å². The van der Waals surface area contributed by atoms with Crippen molar-refractivity contribution in [2.45, 2.75) is 4.90 Å². The van der Waals surface area contributed by atoms with E-state index in [9.17, 15) is 9.59 Å². The minimum atomic E-state index is -0.566. The van der Waals surface area contributed by atoms with Gasteiger partial charge in [0, 0.05) is 28.3 Å². The fourth-order valence-corrected chi connectivity index (χ4v) is 2.77. The molecule has 0 saturated heterocycles. The Bertz CT molecular complexity index is 717. The van der Waals surface area contributed by atoms with Gasteiger partial charge in [0.1, 0.15) is 0 Å². The molecule has 0 aromatic heterocycles. The number of carbonyl (C=O) groups is 2. The summed E-state index contributed by atoms with van der Waals surface area (Å²) in [5, 5.41) is 3.34. The van der Waals surface area contributed by atoms with Gasteiger partial charge in [0.25, 0.3) is 5.91 Å². The van der Waals surface area contributed by atoms with Gasteiger partial charge in [0.15, 0.2) is 6.61 Å². The van der Waals surface area contributed by atoms with Gasteiger partial charge in [-0.25, -0.2) is 4.79 Å². The lowest BCUT2D eigenvalue weighted by atomic mass is 10.2. The monoisotopic (exact) mass is 375 g/mol. The summed E-state index contributed by atoms with van der Waals surface area (Å²) in [4.78, 5) is 24.4. The number of hydrogen-bond donors (Lipinski definition) is 1. The number of benzene rings is 2. The molecular weight excluding hydrogens is 358 g/mol. The molecule has 0 fully saturated rings. The van der Waals surface area contributed by atoms with Crippen LogP contribution in [-0.4, -0.2) is 30.8 Å². The molecule has 6 heteroatoms. The summed E-state index contributed by atoms with van der Waals surface area (Å²) in [5.74, 6) is -0.133. The Kier molecular flexibility index (Phi) is 8.09. The molecule has 4 nitrogen and oxygen atoms in total. The third-order valence-electron chi connectivity index (χ3n) is 3.06. The highest BCUT2D eigenvalue weighted by atomic mass is 35.5. The molecule has 2 aromatic carbocycles. The summed E-state index contributed by atoms with van der Waals surface area (Å²) in [6, 6.07) is 17.0. The summed E-state index contributed by atoms with van der Waals surface area (Å²) >= 11 is 7.43. The molecule has 0 heterocycles. The number of esters is 1. The number of carbonyl (C=O) groups excluding carboxylic acids is 2. The second-order valence-electron chi connectivity index (χ2n) is 5.00. The summed E-state index contributed by atoms with van der Waals surface area (Å²) < 4.78 is 4.89. The van der Waals surface area contributed by atoms with Gasteiger partial charge in [-0.2, -0.15) is 0 Å². The summed E-state index contributed by atoms with van der Waals surface area (Å²) in [6.45, 7) is 0.219. The fraction of sp³-hybridized carbons (Fsp3) is 0.158. The molecule has 0 atom stereocenters. The summed E-state index contributed by atoms with van der Waals surface area (Å²) in [5.41, 5.74) is 0.823. The van der Waals surface area contributed by atoms with Crippen LogP contribution in [0.15, 0.2) is 65.6 Å². The Balaban J connectivity index is 1.60. The van der Waals surface area contributed by atoms with Crippen molar-refractivity contribution >= 4 is 41.3 Å². The summed E-state index contributed by atoms with van der Waals surface area (Å²) in [6.07, 6.45) is 2.88. The van der Waals surface area contributed by atoms with E-state index in [1.54, 1.807) is 42.1 Å². The zero-order valence-corrected chi connectivity index (χ0v) is 15.1. The number of thioether (sulfide) groups is 1. The molecule has 0 bridgehead atoms. The molecule has 1 amide bonds. The smallest absolute Gasteiger partial charge is 0.331 e. The van der Waals surface area contributed by atoms with E-state index in [0.717, 1.165) is 16.2 Å². The third-order valence-corrected chi connectivity index (χ3v) is 4.33. The van der Waals surface area contributed by atoms with Crippen LogP contribution in [0.3, 0.4) is 0 Å². The molecular formula is C19H18ClNO3S. The Morgan fingerprint density at radius 1 is 1.08 bits per heavy atom. The number of hydrogen-bond acceptors (Lipinski definition) is 4. The first-order valence-electron chi connectivity index (χ1n) is 7.68. The number of rotatable bonds is 8. The quantitative estimate of drug-likeness (QED) is 0.330. The first-order valence-corrected chi connectivity index (χ1v) is 9.05. The van der Waals surface area contributed by atoms with Crippen LogP contribution in [0.1, 0.15) is 5.56 Å². The van der Waals surface area contributed by atoms with E-state index in [4.69, 9.17) is 16.3 Å². The third kappa shape index (κ3) is 7.92.